The van der Waals surface area contributed by atoms with Gasteiger partial charge in [-0.1, -0.05) is 42.5 Å². The zero-order chi connectivity index (χ0) is 20.3. The lowest BCUT2D eigenvalue weighted by atomic mass is 10.1. The Balaban J connectivity index is 1.63. The molecule has 2 aromatic carbocycles. The number of halogens is 3. The Morgan fingerprint density at radius 1 is 1.11 bits per heavy atom. The van der Waals surface area contributed by atoms with Gasteiger partial charge >= 0.3 is 12.2 Å². The van der Waals surface area contributed by atoms with Crippen LogP contribution < -0.4 is 10.6 Å². The molecule has 3 rings (SSSR count). The number of hydrogen-bond acceptors (Lipinski definition) is 2. The van der Waals surface area contributed by atoms with Crippen molar-refractivity contribution < 1.29 is 22.8 Å². The predicted octanol–water partition coefficient (Wildman–Crippen LogP) is 4.19. The molecule has 28 heavy (non-hydrogen) atoms. The zero-order valence-corrected chi connectivity index (χ0v) is 15.2. The summed E-state index contributed by atoms with van der Waals surface area (Å²) in [6.45, 7) is 2.19. The average molecular weight is 391 g/mol. The van der Waals surface area contributed by atoms with E-state index in [9.17, 15) is 22.8 Å². The summed E-state index contributed by atoms with van der Waals surface area (Å²) in [5.41, 5.74) is -0.279. The molecular formula is C20H20F3N3O2. The zero-order valence-electron chi connectivity index (χ0n) is 15.2. The fraction of sp³-hybridized carbons (Fsp3) is 0.300. The highest BCUT2D eigenvalue weighted by Gasteiger charge is 2.35. The molecule has 0 spiro atoms. The number of para-hydroxylation sites is 1. The molecule has 0 saturated carbocycles. The van der Waals surface area contributed by atoms with E-state index in [2.05, 4.69) is 10.6 Å². The number of amides is 3. The van der Waals surface area contributed by atoms with Crippen molar-refractivity contribution in [3.8, 4) is 0 Å². The Bertz CT molecular complexity index is 855. The highest BCUT2D eigenvalue weighted by Crippen LogP contribution is 2.34. The molecule has 2 aromatic rings. The minimum absolute atomic E-state index is 0.103. The topological polar surface area (TPSA) is 61.4 Å². The van der Waals surface area contributed by atoms with Crippen molar-refractivity contribution in [2.75, 3.05) is 11.9 Å². The normalized spacial score (nSPS) is 18.1. The Kier molecular flexibility index (Phi) is 5.58. The summed E-state index contributed by atoms with van der Waals surface area (Å²) in [5, 5.41) is 4.83. The molecule has 0 radical (unpaired) electrons. The van der Waals surface area contributed by atoms with Gasteiger partial charge in [0.1, 0.15) is 0 Å². The lowest BCUT2D eigenvalue weighted by Gasteiger charge is -2.25. The van der Waals surface area contributed by atoms with Crippen molar-refractivity contribution in [1.29, 1.82) is 0 Å². The summed E-state index contributed by atoms with van der Waals surface area (Å²) in [4.78, 5) is 26.2. The number of hydrogen-bond donors (Lipinski definition) is 2. The fourth-order valence-corrected chi connectivity index (χ4v) is 3.30. The molecule has 5 nitrogen and oxygen atoms in total. The van der Waals surface area contributed by atoms with Gasteiger partial charge in [-0.2, -0.15) is 13.2 Å². The summed E-state index contributed by atoms with van der Waals surface area (Å²) < 4.78 is 39.1. The van der Waals surface area contributed by atoms with Crippen LogP contribution in [0.1, 0.15) is 30.5 Å². The fourth-order valence-electron chi connectivity index (χ4n) is 3.30. The molecule has 2 N–H and O–H groups in total. The molecule has 2 unspecified atom stereocenters. The van der Waals surface area contributed by atoms with E-state index in [1.54, 1.807) is 4.90 Å². The third kappa shape index (κ3) is 4.44. The van der Waals surface area contributed by atoms with E-state index in [0.717, 1.165) is 11.6 Å². The van der Waals surface area contributed by atoms with E-state index < -0.39 is 23.8 Å². The van der Waals surface area contributed by atoms with Crippen LogP contribution in [0.4, 0.5) is 23.7 Å². The number of urea groups is 1. The molecule has 1 fully saturated rings. The second-order valence-electron chi connectivity index (χ2n) is 6.68. The molecule has 148 valence electrons. The molecule has 1 aliphatic heterocycles. The Morgan fingerprint density at radius 3 is 2.43 bits per heavy atom. The van der Waals surface area contributed by atoms with Gasteiger partial charge in [0.15, 0.2) is 0 Å². The van der Waals surface area contributed by atoms with E-state index in [-0.39, 0.29) is 24.1 Å². The largest absolute Gasteiger partial charge is 0.418 e. The van der Waals surface area contributed by atoms with E-state index >= 15 is 0 Å². The average Bonchev–Trinajstić information content (AvgIpc) is 3.01. The van der Waals surface area contributed by atoms with Crippen molar-refractivity contribution in [2.45, 2.75) is 31.6 Å². The van der Waals surface area contributed by atoms with Crippen LogP contribution in [0.25, 0.3) is 0 Å². The van der Waals surface area contributed by atoms with Gasteiger partial charge in [0.05, 0.1) is 23.3 Å². The molecular weight excluding hydrogens is 371 g/mol. The van der Waals surface area contributed by atoms with Crippen molar-refractivity contribution >= 4 is 17.6 Å². The maximum absolute atomic E-state index is 13.0. The van der Waals surface area contributed by atoms with E-state index in [4.69, 9.17) is 0 Å². The van der Waals surface area contributed by atoms with Gasteiger partial charge in [-0.3, -0.25) is 4.79 Å². The highest BCUT2D eigenvalue weighted by atomic mass is 19.4. The van der Waals surface area contributed by atoms with Crippen molar-refractivity contribution in [3.05, 3.63) is 65.7 Å². The van der Waals surface area contributed by atoms with Crippen LogP contribution in [-0.2, 0) is 11.0 Å². The van der Waals surface area contributed by atoms with E-state index in [0.29, 0.717) is 6.54 Å². The first-order valence-corrected chi connectivity index (χ1v) is 8.84. The number of carbonyl (C=O) groups excluding carboxylic acids is 2. The summed E-state index contributed by atoms with van der Waals surface area (Å²) in [7, 11) is 0. The van der Waals surface area contributed by atoms with E-state index in [1.165, 1.54) is 18.2 Å². The summed E-state index contributed by atoms with van der Waals surface area (Å²) in [6, 6.07) is 12.8. The van der Waals surface area contributed by atoms with Gasteiger partial charge in [0, 0.05) is 13.0 Å². The minimum Gasteiger partial charge on any atom is -0.334 e. The number of benzene rings is 2. The molecule has 1 heterocycles. The van der Waals surface area contributed by atoms with Gasteiger partial charge in [-0.05, 0) is 24.6 Å². The first-order chi connectivity index (χ1) is 13.3. The molecule has 0 aromatic heterocycles. The van der Waals surface area contributed by atoms with Crippen LogP contribution in [0, 0.1) is 0 Å². The molecule has 3 amide bonds. The first kappa shape index (κ1) is 19.7. The molecule has 0 bridgehead atoms. The van der Waals surface area contributed by atoms with Crippen molar-refractivity contribution in [1.82, 2.24) is 10.2 Å². The van der Waals surface area contributed by atoms with Gasteiger partial charge in [0.25, 0.3) is 0 Å². The first-order valence-electron chi connectivity index (χ1n) is 8.84. The number of rotatable bonds is 4. The van der Waals surface area contributed by atoms with Crippen LogP contribution in [0.5, 0.6) is 0 Å². The number of alkyl halides is 3. The van der Waals surface area contributed by atoms with Crippen LogP contribution in [0.2, 0.25) is 0 Å². The molecule has 1 saturated heterocycles. The predicted molar refractivity (Wildman–Crippen MR) is 98.6 cm³/mol. The van der Waals surface area contributed by atoms with Crippen molar-refractivity contribution in [2.24, 2.45) is 0 Å². The summed E-state index contributed by atoms with van der Waals surface area (Å²) >= 11 is 0. The lowest BCUT2D eigenvalue weighted by molar-refractivity contribution is -0.137. The highest BCUT2D eigenvalue weighted by molar-refractivity contribution is 5.91. The van der Waals surface area contributed by atoms with Gasteiger partial charge in [0.2, 0.25) is 5.91 Å². The Labute approximate surface area is 160 Å². The second kappa shape index (κ2) is 7.92. The molecule has 2 atom stereocenters. The summed E-state index contributed by atoms with van der Waals surface area (Å²) in [5.74, 6) is -0.114. The molecule has 8 heteroatoms. The monoisotopic (exact) mass is 391 g/mol. The van der Waals surface area contributed by atoms with Crippen LogP contribution >= 0.6 is 0 Å². The van der Waals surface area contributed by atoms with Crippen LogP contribution in [-0.4, -0.2) is 29.4 Å². The SMILES string of the molecule is CC(c1ccccc1)N1CC(NC(=O)Nc2ccccc2C(F)(F)F)CC1=O. The maximum Gasteiger partial charge on any atom is 0.418 e. The summed E-state index contributed by atoms with van der Waals surface area (Å²) in [6.07, 6.45) is -4.47. The van der Waals surface area contributed by atoms with Gasteiger partial charge in [-0.25, -0.2) is 4.79 Å². The standard InChI is InChI=1S/C20H20F3N3O2/c1-13(14-7-3-2-4-8-14)26-12-15(11-18(26)27)24-19(28)25-17-10-6-5-9-16(17)20(21,22)23/h2-10,13,15H,11-12H2,1H3,(H2,24,25,28). The third-order valence-corrected chi connectivity index (χ3v) is 4.72. The van der Waals surface area contributed by atoms with E-state index in [1.807, 2.05) is 37.3 Å². The number of nitrogens with zero attached hydrogens (tertiary/aromatic N) is 1. The second-order valence-corrected chi connectivity index (χ2v) is 6.68. The molecule has 1 aliphatic rings. The number of likely N-dealkylation sites (tertiary alicyclic amines) is 1. The number of carbonyl (C=O) groups is 2. The van der Waals surface area contributed by atoms with Gasteiger partial charge in [-0.15, -0.1) is 0 Å². The van der Waals surface area contributed by atoms with Crippen LogP contribution in [0.3, 0.4) is 0 Å². The maximum atomic E-state index is 13.0. The molecule has 0 aliphatic carbocycles. The Hall–Kier alpha value is -3.03. The van der Waals surface area contributed by atoms with Crippen LogP contribution in [0.15, 0.2) is 54.6 Å². The number of anilines is 1. The number of nitrogens with one attached hydrogen (secondary N) is 2. The lowest BCUT2D eigenvalue weighted by Crippen LogP contribution is -2.40. The Morgan fingerprint density at radius 2 is 1.75 bits per heavy atom. The smallest absolute Gasteiger partial charge is 0.334 e. The third-order valence-electron chi connectivity index (χ3n) is 4.72. The quantitative estimate of drug-likeness (QED) is 0.821. The minimum atomic E-state index is -4.57. The van der Waals surface area contributed by atoms with Gasteiger partial charge < -0.3 is 15.5 Å². The van der Waals surface area contributed by atoms with Crippen molar-refractivity contribution in [3.63, 3.8) is 0 Å².